The quantitative estimate of drug-likeness (QED) is 0.351. The molecular weight excluding hydrogens is 412 g/mol. The number of benzene rings is 2. The zero-order valence-corrected chi connectivity index (χ0v) is 17.1. The lowest BCUT2D eigenvalue weighted by molar-refractivity contribution is -0.112. The van der Waals surface area contributed by atoms with Crippen LogP contribution in [0.15, 0.2) is 64.6 Å². The van der Waals surface area contributed by atoms with Gasteiger partial charge in [0.25, 0.3) is 5.91 Å². The fourth-order valence-electron chi connectivity index (χ4n) is 3.03. The highest BCUT2D eigenvalue weighted by Gasteiger charge is 2.16. The smallest absolute Gasteiger partial charge is 0.338 e. The van der Waals surface area contributed by atoms with E-state index >= 15 is 0 Å². The highest BCUT2D eigenvalue weighted by atomic mass is 16.7. The number of rotatable bonds is 6. The van der Waals surface area contributed by atoms with Gasteiger partial charge in [-0.3, -0.25) is 4.79 Å². The molecule has 8 heteroatoms. The van der Waals surface area contributed by atoms with Crippen molar-refractivity contribution in [1.29, 1.82) is 5.26 Å². The van der Waals surface area contributed by atoms with Gasteiger partial charge in [-0.05, 0) is 43.3 Å². The zero-order chi connectivity index (χ0) is 22.5. The first kappa shape index (κ1) is 20.8. The first-order chi connectivity index (χ1) is 15.6. The number of carbonyl (C=O) groups is 2. The van der Waals surface area contributed by atoms with Gasteiger partial charge in [0.1, 0.15) is 23.2 Å². The number of esters is 1. The molecule has 1 amide bonds. The van der Waals surface area contributed by atoms with Crippen LogP contribution < -0.4 is 14.8 Å². The van der Waals surface area contributed by atoms with Crippen molar-refractivity contribution < 1.29 is 28.2 Å². The Kier molecular flexibility index (Phi) is 5.90. The summed E-state index contributed by atoms with van der Waals surface area (Å²) in [6.07, 6.45) is 1.36. The first-order valence-corrected chi connectivity index (χ1v) is 9.77. The fourth-order valence-corrected chi connectivity index (χ4v) is 3.03. The summed E-state index contributed by atoms with van der Waals surface area (Å²) in [4.78, 5) is 24.3. The maximum absolute atomic E-state index is 12.5. The molecule has 8 nitrogen and oxygen atoms in total. The fraction of sp³-hybridized carbons (Fsp3) is 0.125. The van der Waals surface area contributed by atoms with Crippen molar-refractivity contribution in [3.63, 3.8) is 0 Å². The second-order valence-corrected chi connectivity index (χ2v) is 6.69. The molecule has 2 heterocycles. The summed E-state index contributed by atoms with van der Waals surface area (Å²) in [5, 5.41) is 12.1. The van der Waals surface area contributed by atoms with E-state index in [1.54, 1.807) is 61.5 Å². The van der Waals surface area contributed by atoms with Gasteiger partial charge in [-0.15, -0.1) is 0 Å². The van der Waals surface area contributed by atoms with E-state index in [4.69, 9.17) is 18.6 Å². The van der Waals surface area contributed by atoms with Gasteiger partial charge >= 0.3 is 5.97 Å². The zero-order valence-electron chi connectivity index (χ0n) is 17.1. The van der Waals surface area contributed by atoms with Crippen molar-refractivity contribution in [2.75, 3.05) is 18.7 Å². The Balaban J connectivity index is 1.47. The van der Waals surface area contributed by atoms with Crippen molar-refractivity contribution >= 4 is 23.6 Å². The molecule has 0 unspecified atom stereocenters. The summed E-state index contributed by atoms with van der Waals surface area (Å²) in [5.74, 6) is 1.01. The maximum Gasteiger partial charge on any atom is 0.338 e. The van der Waals surface area contributed by atoms with E-state index in [1.165, 1.54) is 6.08 Å². The maximum atomic E-state index is 12.5. The first-order valence-electron chi connectivity index (χ1n) is 9.77. The average Bonchev–Trinajstić information content (AvgIpc) is 3.47. The number of ether oxygens (including phenoxy) is 3. The lowest BCUT2D eigenvalue weighted by atomic mass is 10.1. The average molecular weight is 430 g/mol. The topological polar surface area (TPSA) is 111 Å². The largest absolute Gasteiger partial charge is 0.462 e. The molecule has 0 atom stereocenters. The van der Waals surface area contributed by atoms with Gasteiger partial charge in [0.15, 0.2) is 11.5 Å². The second kappa shape index (κ2) is 9.10. The number of nitrogens with one attached hydrogen (secondary N) is 1. The molecule has 1 aliphatic rings. The number of nitriles is 1. The lowest BCUT2D eigenvalue weighted by Gasteiger charge is -2.05. The van der Waals surface area contributed by atoms with E-state index in [0.29, 0.717) is 40.9 Å². The summed E-state index contributed by atoms with van der Waals surface area (Å²) in [6, 6.07) is 17.0. The van der Waals surface area contributed by atoms with Crippen LogP contribution in [0.2, 0.25) is 0 Å². The van der Waals surface area contributed by atoms with Crippen molar-refractivity contribution in [1.82, 2.24) is 0 Å². The third-order valence-electron chi connectivity index (χ3n) is 4.59. The molecule has 1 aromatic heterocycles. The molecule has 3 aromatic rings. The van der Waals surface area contributed by atoms with Gasteiger partial charge in [0, 0.05) is 23.4 Å². The molecule has 0 saturated heterocycles. The molecule has 0 aliphatic carbocycles. The molecule has 160 valence electrons. The Morgan fingerprint density at radius 2 is 1.88 bits per heavy atom. The Morgan fingerprint density at radius 1 is 1.09 bits per heavy atom. The number of hydrogen-bond donors (Lipinski definition) is 1. The Morgan fingerprint density at radius 3 is 2.62 bits per heavy atom. The van der Waals surface area contributed by atoms with E-state index in [9.17, 15) is 14.9 Å². The Bertz CT molecular complexity index is 1230. The van der Waals surface area contributed by atoms with E-state index in [2.05, 4.69) is 5.32 Å². The minimum atomic E-state index is -0.580. The van der Waals surface area contributed by atoms with Crippen LogP contribution in [-0.2, 0) is 9.53 Å². The predicted molar refractivity (Wildman–Crippen MR) is 115 cm³/mol. The molecule has 0 radical (unpaired) electrons. The summed E-state index contributed by atoms with van der Waals surface area (Å²) in [5.41, 5.74) is 1.53. The molecular formula is C24H18N2O6. The normalized spacial score (nSPS) is 12.2. The Hall–Kier alpha value is -4.51. The van der Waals surface area contributed by atoms with E-state index in [0.717, 1.165) is 5.56 Å². The summed E-state index contributed by atoms with van der Waals surface area (Å²) in [6.45, 7) is 2.18. The van der Waals surface area contributed by atoms with E-state index in [-0.39, 0.29) is 12.4 Å². The predicted octanol–water partition coefficient (Wildman–Crippen LogP) is 4.40. The highest BCUT2D eigenvalue weighted by Crippen LogP contribution is 2.34. The molecule has 0 spiro atoms. The molecule has 32 heavy (non-hydrogen) atoms. The number of fused-ring (bicyclic) bond motifs is 1. The number of nitrogens with zero attached hydrogens (tertiary/aromatic N) is 1. The molecule has 2 aromatic carbocycles. The van der Waals surface area contributed by atoms with Crippen LogP contribution in [-0.4, -0.2) is 25.3 Å². The van der Waals surface area contributed by atoms with Gasteiger partial charge in [0.2, 0.25) is 6.79 Å². The number of hydrogen-bond acceptors (Lipinski definition) is 7. The number of amides is 1. The summed E-state index contributed by atoms with van der Waals surface area (Å²) in [7, 11) is 0. The van der Waals surface area contributed by atoms with Gasteiger partial charge in [-0.1, -0.05) is 12.1 Å². The van der Waals surface area contributed by atoms with Crippen LogP contribution in [0.1, 0.15) is 23.0 Å². The molecule has 0 saturated carbocycles. The van der Waals surface area contributed by atoms with Crippen molar-refractivity contribution in [2.45, 2.75) is 6.92 Å². The third kappa shape index (κ3) is 4.47. The van der Waals surface area contributed by atoms with Gasteiger partial charge < -0.3 is 23.9 Å². The number of carbonyl (C=O) groups excluding carboxylic acids is 2. The SMILES string of the molecule is CCOC(=O)c1ccc(-c2ccc(C=C(C#N)C(=O)Nc3ccc4c(c3)OCO4)o2)cc1. The van der Waals surface area contributed by atoms with E-state index < -0.39 is 11.9 Å². The van der Waals surface area contributed by atoms with Crippen molar-refractivity contribution in [3.05, 3.63) is 71.5 Å². The van der Waals surface area contributed by atoms with Crippen LogP contribution in [0, 0.1) is 11.3 Å². The minimum absolute atomic E-state index is 0.124. The third-order valence-corrected chi connectivity index (χ3v) is 4.59. The van der Waals surface area contributed by atoms with Crippen molar-refractivity contribution in [3.8, 4) is 28.9 Å². The Labute approximate surface area is 183 Å². The van der Waals surface area contributed by atoms with Crippen molar-refractivity contribution in [2.24, 2.45) is 0 Å². The van der Waals surface area contributed by atoms with Crippen LogP contribution in [0.3, 0.4) is 0 Å². The van der Waals surface area contributed by atoms with Crippen LogP contribution in [0.5, 0.6) is 11.5 Å². The van der Waals surface area contributed by atoms with Gasteiger partial charge in [-0.25, -0.2) is 4.79 Å². The molecule has 0 bridgehead atoms. The standard InChI is InChI=1S/C24H18N2O6/c1-2-29-24(28)16-5-3-15(4-6-16)20-10-8-19(32-20)11-17(13-25)23(27)26-18-7-9-21-22(12-18)31-14-30-21/h3-12H,2,14H2,1H3,(H,26,27). The number of furan rings is 1. The summed E-state index contributed by atoms with van der Waals surface area (Å²) < 4.78 is 21.2. The highest BCUT2D eigenvalue weighted by molar-refractivity contribution is 6.09. The van der Waals surface area contributed by atoms with Crippen LogP contribution in [0.4, 0.5) is 5.69 Å². The van der Waals surface area contributed by atoms with E-state index in [1.807, 2.05) is 6.07 Å². The minimum Gasteiger partial charge on any atom is -0.462 e. The number of anilines is 1. The lowest BCUT2D eigenvalue weighted by Crippen LogP contribution is -2.13. The molecule has 0 fully saturated rings. The van der Waals surface area contributed by atoms with Gasteiger partial charge in [-0.2, -0.15) is 5.26 Å². The molecule has 1 aliphatic heterocycles. The summed E-state index contributed by atoms with van der Waals surface area (Å²) >= 11 is 0. The van der Waals surface area contributed by atoms with Crippen LogP contribution >= 0.6 is 0 Å². The van der Waals surface area contributed by atoms with Crippen LogP contribution in [0.25, 0.3) is 17.4 Å². The van der Waals surface area contributed by atoms with Gasteiger partial charge in [0.05, 0.1) is 12.2 Å². The molecule has 1 N–H and O–H groups in total. The molecule has 4 rings (SSSR count). The second-order valence-electron chi connectivity index (χ2n) is 6.69. The monoisotopic (exact) mass is 430 g/mol.